The monoisotopic (exact) mass is 158 g/mol. The molecule has 1 aromatic rings. The predicted molar refractivity (Wildman–Crippen MR) is 43.1 cm³/mol. The largest absolute Gasteiger partial charge is 1.00 e. The van der Waals surface area contributed by atoms with Gasteiger partial charge >= 0.3 is 18.9 Å². The van der Waals surface area contributed by atoms with Crippen LogP contribution in [0.5, 0.6) is 11.5 Å². The molecule has 0 radical (unpaired) electrons. The van der Waals surface area contributed by atoms with Crippen molar-refractivity contribution in [2.45, 2.75) is 6.92 Å². The van der Waals surface area contributed by atoms with E-state index in [2.05, 4.69) is 6.07 Å². The van der Waals surface area contributed by atoms with E-state index in [1.165, 1.54) is 0 Å². The fraction of sp³-hybridized carbons (Fsp3) is 0.333. The summed E-state index contributed by atoms with van der Waals surface area (Å²) in [4.78, 5) is 0. The Morgan fingerprint density at radius 2 is 1.92 bits per heavy atom. The Kier molecular flexibility index (Phi) is 4.88. The average Bonchev–Trinajstić information content (AvgIpc) is 2.04. The summed E-state index contributed by atoms with van der Waals surface area (Å²) >= 11 is 0. The summed E-state index contributed by atoms with van der Waals surface area (Å²) in [6.45, 7) is 1.98. The number of benzene rings is 1. The molecule has 0 aliphatic carbocycles. The standard InChI is InChI=1S/C9H11O2.Li/c1-7-4-5-8(10-2)9(6-7)11-3;/h4,6H,1-3H3;/q-1;+1. The van der Waals surface area contributed by atoms with Gasteiger partial charge in [0, 0.05) is 11.5 Å². The van der Waals surface area contributed by atoms with Crippen LogP contribution in [0.1, 0.15) is 5.56 Å². The summed E-state index contributed by atoms with van der Waals surface area (Å²) in [5.74, 6) is 1.38. The second-order valence-corrected chi connectivity index (χ2v) is 2.28. The fourth-order valence-electron chi connectivity index (χ4n) is 0.876. The Bertz CT molecular complexity index is 248. The summed E-state index contributed by atoms with van der Waals surface area (Å²) in [6.07, 6.45) is 0. The SMILES string of the molecule is COc1[c-]cc(C)cc1OC.[Li+]. The second-order valence-electron chi connectivity index (χ2n) is 2.28. The molecule has 60 valence electrons. The zero-order chi connectivity index (χ0) is 8.27. The van der Waals surface area contributed by atoms with Gasteiger partial charge in [0.05, 0.1) is 14.2 Å². The van der Waals surface area contributed by atoms with E-state index in [9.17, 15) is 0 Å². The van der Waals surface area contributed by atoms with Gasteiger partial charge in [0.1, 0.15) is 0 Å². The van der Waals surface area contributed by atoms with Crippen LogP contribution in [-0.2, 0) is 0 Å². The maximum absolute atomic E-state index is 5.06. The van der Waals surface area contributed by atoms with Crippen LogP contribution in [0.3, 0.4) is 0 Å². The quantitative estimate of drug-likeness (QED) is 0.398. The zero-order valence-corrected chi connectivity index (χ0v) is 7.97. The van der Waals surface area contributed by atoms with E-state index >= 15 is 0 Å². The van der Waals surface area contributed by atoms with Crippen LogP contribution in [0, 0.1) is 13.0 Å². The summed E-state index contributed by atoms with van der Waals surface area (Å²) in [7, 11) is 3.22. The molecular weight excluding hydrogens is 147 g/mol. The van der Waals surface area contributed by atoms with Gasteiger partial charge < -0.3 is 9.47 Å². The molecule has 0 atom stereocenters. The summed E-state index contributed by atoms with van der Waals surface area (Å²) in [6, 6.07) is 6.73. The molecule has 0 aliphatic rings. The topological polar surface area (TPSA) is 18.5 Å². The Balaban J connectivity index is 0.00000121. The molecule has 2 nitrogen and oxygen atoms in total. The molecule has 12 heavy (non-hydrogen) atoms. The molecule has 0 aromatic heterocycles. The molecule has 0 aliphatic heterocycles. The Morgan fingerprint density at radius 1 is 1.25 bits per heavy atom. The number of rotatable bonds is 2. The van der Waals surface area contributed by atoms with Crippen molar-refractivity contribution in [2.24, 2.45) is 0 Å². The molecule has 1 aromatic carbocycles. The molecule has 3 heteroatoms. The third-order valence-electron chi connectivity index (χ3n) is 1.44. The number of hydrogen-bond acceptors (Lipinski definition) is 2. The van der Waals surface area contributed by atoms with Crippen molar-refractivity contribution in [1.29, 1.82) is 0 Å². The van der Waals surface area contributed by atoms with Crippen LogP contribution in [0.25, 0.3) is 0 Å². The van der Waals surface area contributed by atoms with Crippen molar-refractivity contribution in [3.8, 4) is 11.5 Å². The average molecular weight is 158 g/mol. The molecule has 0 bridgehead atoms. The van der Waals surface area contributed by atoms with Crippen LogP contribution in [0.2, 0.25) is 0 Å². The van der Waals surface area contributed by atoms with Crippen molar-refractivity contribution in [3.05, 3.63) is 23.8 Å². The number of methoxy groups -OCH3 is 2. The van der Waals surface area contributed by atoms with E-state index in [0.717, 1.165) is 11.3 Å². The van der Waals surface area contributed by atoms with Crippen LogP contribution < -0.4 is 28.3 Å². The molecule has 0 spiro atoms. The molecule has 0 saturated heterocycles. The minimum Gasteiger partial charge on any atom is -0.551 e. The Labute approximate surface area is 85.1 Å². The minimum atomic E-state index is 0. The first-order chi connectivity index (χ1) is 5.27. The van der Waals surface area contributed by atoms with Gasteiger partial charge in [0.15, 0.2) is 0 Å². The first-order valence-corrected chi connectivity index (χ1v) is 3.38. The van der Waals surface area contributed by atoms with Crippen LogP contribution in [-0.4, -0.2) is 14.2 Å². The van der Waals surface area contributed by atoms with Gasteiger partial charge in [-0.1, -0.05) is 6.92 Å². The van der Waals surface area contributed by atoms with Crippen LogP contribution >= 0.6 is 0 Å². The van der Waals surface area contributed by atoms with Gasteiger partial charge in [-0.15, -0.1) is 12.1 Å². The van der Waals surface area contributed by atoms with Gasteiger partial charge in [-0.3, -0.25) is 0 Å². The van der Waals surface area contributed by atoms with E-state index in [0.29, 0.717) is 5.75 Å². The van der Waals surface area contributed by atoms with Gasteiger partial charge in [0.25, 0.3) is 0 Å². The molecule has 0 unspecified atom stereocenters. The van der Waals surface area contributed by atoms with Crippen molar-refractivity contribution in [1.82, 2.24) is 0 Å². The van der Waals surface area contributed by atoms with Gasteiger partial charge in [-0.25, -0.2) is 0 Å². The molecule has 0 amide bonds. The zero-order valence-electron chi connectivity index (χ0n) is 7.97. The van der Waals surface area contributed by atoms with Crippen LogP contribution in [0.15, 0.2) is 12.1 Å². The smallest absolute Gasteiger partial charge is 0.551 e. The van der Waals surface area contributed by atoms with E-state index in [1.807, 2.05) is 19.1 Å². The maximum Gasteiger partial charge on any atom is 1.00 e. The predicted octanol–water partition coefficient (Wildman–Crippen LogP) is -1.18. The Hall–Kier alpha value is -0.583. The number of ether oxygens (including phenoxy) is 2. The van der Waals surface area contributed by atoms with Gasteiger partial charge in [-0.2, -0.15) is 11.6 Å². The molecule has 0 N–H and O–H groups in total. The van der Waals surface area contributed by atoms with E-state index in [-0.39, 0.29) is 18.9 Å². The molecule has 0 saturated carbocycles. The van der Waals surface area contributed by atoms with Crippen molar-refractivity contribution < 1.29 is 28.3 Å². The van der Waals surface area contributed by atoms with Gasteiger partial charge in [-0.05, 0) is 0 Å². The van der Waals surface area contributed by atoms with Crippen LogP contribution in [0.4, 0.5) is 0 Å². The normalized spacial score (nSPS) is 8.58. The fourth-order valence-corrected chi connectivity index (χ4v) is 0.876. The minimum absolute atomic E-state index is 0. The molecule has 0 heterocycles. The summed E-state index contributed by atoms with van der Waals surface area (Å²) in [5, 5.41) is 0. The number of hydrogen-bond donors (Lipinski definition) is 0. The van der Waals surface area contributed by atoms with E-state index < -0.39 is 0 Å². The van der Waals surface area contributed by atoms with E-state index in [4.69, 9.17) is 9.47 Å². The summed E-state index contributed by atoms with van der Waals surface area (Å²) in [5.41, 5.74) is 1.11. The second kappa shape index (κ2) is 5.13. The molecular formula is C9H11LiO2. The Morgan fingerprint density at radius 3 is 2.42 bits per heavy atom. The first-order valence-electron chi connectivity index (χ1n) is 3.38. The third kappa shape index (κ3) is 2.48. The third-order valence-corrected chi connectivity index (χ3v) is 1.44. The van der Waals surface area contributed by atoms with Crippen molar-refractivity contribution >= 4 is 0 Å². The van der Waals surface area contributed by atoms with Gasteiger partial charge in [0.2, 0.25) is 0 Å². The molecule has 1 rings (SSSR count). The summed E-state index contributed by atoms with van der Waals surface area (Å²) < 4.78 is 10.1. The number of aryl methyl sites for hydroxylation is 1. The van der Waals surface area contributed by atoms with Crippen molar-refractivity contribution in [3.63, 3.8) is 0 Å². The maximum atomic E-state index is 5.06. The van der Waals surface area contributed by atoms with Crippen molar-refractivity contribution in [2.75, 3.05) is 14.2 Å². The molecule has 0 fully saturated rings. The van der Waals surface area contributed by atoms with E-state index in [1.54, 1.807) is 14.2 Å². The first kappa shape index (κ1) is 11.4.